The summed E-state index contributed by atoms with van der Waals surface area (Å²) in [6.07, 6.45) is -3.92. The number of halogens is 4. The Hall–Kier alpha value is -2.40. The summed E-state index contributed by atoms with van der Waals surface area (Å²) in [4.78, 5) is 24.5. The molecule has 2 heterocycles. The summed E-state index contributed by atoms with van der Waals surface area (Å²) >= 11 is 0. The largest absolute Gasteiger partial charge is 0.490 e. The minimum Gasteiger partial charge on any atom is -0.475 e. The number of carboxylic acids is 1. The standard InChI is InChI=1S/C18H26FN3O2.C2HF3O2/c1-21(2)18(23)20-9-17-16-6-7-22(11-14(16)12-24-17)10-13-4-3-5-15(19)8-13;3-2(4,5)1(6)7/h3-5,8,14,16-17H,6-7,9-12H2,1-2H3,(H,20,23);(H,6,7)/t14-,16-,17+;/m1./s1. The summed E-state index contributed by atoms with van der Waals surface area (Å²) in [6.45, 7) is 4.05. The van der Waals surface area contributed by atoms with Gasteiger partial charge in [0, 0.05) is 39.6 Å². The van der Waals surface area contributed by atoms with E-state index in [2.05, 4.69) is 10.2 Å². The maximum atomic E-state index is 13.3. The van der Waals surface area contributed by atoms with Crippen molar-refractivity contribution in [3.05, 3.63) is 35.6 Å². The molecular formula is C20H27F4N3O4. The summed E-state index contributed by atoms with van der Waals surface area (Å²) < 4.78 is 51.0. The number of hydrogen-bond acceptors (Lipinski definition) is 4. The molecule has 0 unspecified atom stereocenters. The Labute approximate surface area is 177 Å². The Morgan fingerprint density at radius 3 is 2.58 bits per heavy atom. The van der Waals surface area contributed by atoms with Crippen LogP contribution in [-0.4, -0.2) is 79.5 Å². The van der Waals surface area contributed by atoms with Crippen LogP contribution < -0.4 is 5.32 Å². The number of carbonyl (C=O) groups excluding carboxylic acids is 1. The molecule has 1 aromatic carbocycles. The minimum atomic E-state index is -5.08. The lowest BCUT2D eigenvalue weighted by Gasteiger charge is -2.35. The Morgan fingerprint density at radius 1 is 1.32 bits per heavy atom. The van der Waals surface area contributed by atoms with Gasteiger partial charge in [-0.2, -0.15) is 13.2 Å². The summed E-state index contributed by atoms with van der Waals surface area (Å²) in [5.74, 6) is -1.94. The Kier molecular flexibility index (Phi) is 8.63. The number of amides is 2. The van der Waals surface area contributed by atoms with Crippen molar-refractivity contribution in [3.63, 3.8) is 0 Å². The van der Waals surface area contributed by atoms with Crippen LogP contribution in [0.4, 0.5) is 22.4 Å². The topological polar surface area (TPSA) is 82.1 Å². The number of alkyl halides is 3. The van der Waals surface area contributed by atoms with Crippen LogP contribution in [0.25, 0.3) is 0 Å². The summed E-state index contributed by atoms with van der Waals surface area (Å²) in [6, 6.07) is 6.74. The molecule has 0 radical (unpaired) electrons. The molecule has 0 aliphatic carbocycles. The second-order valence-electron chi connectivity index (χ2n) is 7.83. The second kappa shape index (κ2) is 10.8. The van der Waals surface area contributed by atoms with E-state index in [9.17, 15) is 22.4 Å². The molecule has 0 saturated carbocycles. The van der Waals surface area contributed by atoms with Crippen LogP contribution in [0, 0.1) is 17.7 Å². The molecule has 0 spiro atoms. The lowest BCUT2D eigenvalue weighted by atomic mass is 9.84. The van der Waals surface area contributed by atoms with Gasteiger partial charge < -0.3 is 20.1 Å². The summed E-state index contributed by atoms with van der Waals surface area (Å²) in [5.41, 5.74) is 1.02. The number of nitrogens with zero attached hydrogens (tertiary/aromatic N) is 2. The van der Waals surface area contributed by atoms with Gasteiger partial charge in [0.15, 0.2) is 0 Å². The van der Waals surface area contributed by atoms with Gasteiger partial charge in [0.2, 0.25) is 0 Å². The summed E-state index contributed by atoms with van der Waals surface area (Å²) in [5, 5.41) is 10.0. The van der Waals surface area contributed by atoms with Gasteiger partial charge in [0.1, 0.15) is 5.82 Å². The van der Waals surface area contributed by atoms with Crippen molar-refractivity contribution in [1.82, 2.24) is 15.1 Å². The second-order valence-corrected chi connectivity index (χ2v) is 7.83. The predicted molar refractivity (Wildman–Crippen MR) is 104 cm³/mol. The highest BCUT2D eigenvalue weighted by Gasteiger charge is 2.40. The zero-order valence-electron chi connectivity index (χ0n) is 17.4. The maximum absolute atomic E-state index is 13.3. The van der Waals surface area contributed by atoms with E-state index >= 15 is 0 Å². The number of nitrogens with one attached hydrogen (secondary N) is 1. The molecule has 174 valence electrons. The number of benzene rings is 1. The van der Waals surface area contributed by atoms with E-state index in [0.717, 1.165) is 38.2 Å². The van der Waals surface area contributed by atoms with Gasteiger partial charge in [-0.1, -0.05) is 12.1 Å². The first-order valence-electron chi connectivity index (χ1n) is 9.81. The third-order valence-corrected chi connectivity index (χ3v) is 5.28. The van der Waals surface area contributed by atoms with Gasteiger partial charge in [-0.25, -0.2) is 14.0 Å². The Bertz CT molecular complexity index is 760. The van der Waals surface area contributed by atoms with E-state index in [-0.39, 0.29) is 18.0 Å². The van der Waals surface area contributed by atoms with Crippen LogP contribution >= 0.6 is 0 Å². The molecular weight excluding hydrogens is 422 g/mol. The monoisotopic (exact) mass is 449 g/mol. The molecule has 0 bridgehead atoms. The highest BCUT2D eigenvalue weighted by atomic mass is 19.4. The van der Waals surface area contributed by atoms with Gasteiger partial charge in [0.05, 0.1) is 12.7 Å². The molecule has 3 atom stereocenters. The van der Waals surface area contributed by atoms with Crippen molar-refractivity contribution in [1.29, 1.82) is 0 Å². The van der Waals surface area contributed by atoms with Gasteiger partial charge in [0.25, 0.3) is 0 Å². The quantitative estimate of drug-likeness (QED) is 0.691. The van der Waals surface area contributed by atoms with E-state index in [1.807, 2.05) is 6.07 Å². The van der Waals surface area contributed by atoms with Gasteiger partial charge in [-0.05, 0) is 36.6 Å². The van der Waals surface area contributed by atoms with E-state index in [0.29, 0.717) is 18.4 Å². The number of rotatable bonds is 4. The number of likely N-dealkylation sites (tertiary alicyclic amines) is 1. The fraction of sp³-hybridized carbons (Fsp3) is 0.600. The minimum absolute atomic E-state index is 0.0782. The van der Waals surface area contributed by atoms with Crippen LogP contribution in [0.2, 0.25) is 0 Å². The number of piperidine rings is 1. The number of carboxylic acid groups (broad SMARTS) is 1. The normalized spacial score (nSPS) is 23.4. The Morgan fingerprint density at radius 2 is 2.00 bits per heavy atom. The van der Waals surface area contributed by atoms with E-state index in [4.69, 9.17) is 14.6 Å². The number of ether oxygens (including phenoxy) is 1. The average molecular weight is 449 g/mol. The smallest absolute Gasteiger partial charge is 0.475 e. The number of fused-ring (bicyclic) bond motifs is 1. The first-order chi connectivity index (χ1) is 14.5. The van der Waals surface area contributed by atoms with E-state index in [1.54, 1.807) is 26.2 Å². The number of carbonyl (C=O) groups is 2. The zero-order chi connectivity index (χ0) is 23.2. The van der Waals surface area contributed by atoms with Gasteiger partial charge in [-0.3, -0.25) is 4.90 Å². The van der Waals surface area contributed by atoms with Crippen LogP contribution in [0.3, 0.4) is 0 Å². The zero-order valence-corrected chi connectivity index (χ0v) is 17.4. The molecule has 2 amide bonds. The molecule has 2 aliphatic heterocycles. The van der Waals surface area contributed by atoms with E-state index in [1.165, 1.54) is 11.0 Å². The van der Waals surface area contributed by atoms with Crippen LogP contribution in [0.5, 0.6) is 0 Å². The van der Waals surface area contributed by atoms with Gasteiger partial charge in [-0.15, -0.1) is 0 Å². The molecule has 2 N–H and O–H groups in total. The first-order valence-corrected chi connectivity index (χ1v) is 9.81. The number of urea groups is 1. The lowest BCUT2D eigenvalue weighted by Crippen LogP contribution is -2.45. The highest BCUT2D eigenvalue weighted by Crippen LogP contribution is 2.34. The van der Waals surface area contributed by atoms with Crippen molar-refractivity contribution in [2.45, 2.75) is 25.2 Å². The van der Waals surface area contributed by atoms with Gasteiger partial charge >= 0.3 is 18.2 Å². The molecule has 0 aromatic heterocycles. The molecule has 31 heavy (non-hydrogen) atoms. The SMILES string of the molecule is CN(C)C(=O)NC[C@@H]1OC[C@H]2CN(Cc3cccc(F)c3)CC[C@H]21.O=C(O)C(F)(F)F. The summed E-state index contributed by atoms with van der Waals surface area (Å²) in [7, 11) is 3.47. The number of aliphatic carboxylic acids is 1. The molecule has 2 fully saturated rings. The third-order valence-electron chi connectivity index (χ3n) is 5.28. The Balaban J connectivity index is 0.000000423. The molecule has 3 rings (SSSR count). The van der Waals surface area contributed by atoms with Crippen LogP contribution in [0.15, 0.2) is 24.3 Å². The van der Waals surface area contributed by atoms with Crippen molar-refractivity contribution >= 4 is 12.0 Å². The third kappa shape index (κ3) is 7.66. The molecule has 2 saturated heterocycles. The van der Waals surface area contributed by atoms with Crippen LogP contribution in [0.1, 0.15) is 12.0 Å². The first kappa shape index (κ1) is 24.9. The average Bonchev–Trinajstić information content (AvgIpc) is 3.08. The molecule has 11 heteroatoms. The molecule has 7 nitrogen and oxygen atoms in total. The lowest BCUT2D eigenvalue weighted by molar-refractivity contribution is -0.192. The van der Waals surface area contributed by atoms with Crippen LogP contribution in [-0.2, 0) is 16.1 Å². The molecule has 1 aromatic rings. The van der Waals surface area contributed by atoms with Crippen molar-refractivity contribution in [2.75, 3.05) is 40.3 Å². The van der Waals surface area contributed by atoms with Crippen molar-refractivity contribution < 1.29 is 37.0 Å². The predicted octanol–water partition coefficient (Wildman–Crippen LogP) is 2.57. The van der Waals surface area contributed by atoms with Crippen molar-refractivity contribution in [3.8, 4) is 0 Å². The molecule has 2 aliphatic rings. The number of hydrogen-bond donors (Lipinski definition) is 2. The van der Waals surface area contributed by atoms with Crippen molar-refractivity contribution in [2.24, 2.45) is 11.8 Å². The maximum Gasteiger partial charge on any atom is 0.490 e. The fourth-order valence-corrected chi connectivity index (χ4v) is 3.76. The van der Waals surface area contributed by atoms with E-state index < -0.39 is 12.1 Å². The fourth-order valence-electron chi connectivity index (χ4n) is 3.76. The highest BCUT2D eigenvalue weighted by molar-refractivity contribution is 5.73.